The van der Waals surface area contributed by atoms with Gasteiger partial charge in [0.15, 0.2) is 5.65 Å². The lowest BCUT2D eigenvalue weighted by Gasteiger charge is -2.44. The minimum absolute atomic E-state index is 0.100. The average Bonchev–Trinajstić information content (AvgIpc) is 3.03. The molecule has 3 heterocycles. The number of nitrogens with zero attached hydrogens (tertiary/aromatic N) is 5. The van der Waals surface area contributed by atoms with Gasteiger partial charge in [-0.2, -0.15) is 4.52 Å². The number of likely N-dealkylation sites (tertiary alicyclic amines) is 1. The third-order valence-corrected chi connectivity index (χ3v) is 5.46. The number of carbonyl (C=O) groups is 1. The second-order valence-corrected chi connectivity index (χ2v) is 6.75. The number of pyridine rings is 1. The maximum Gasteiger partial charge on any atom is 0.255 e. The van der Waals surface area contributed by atoms with Crippen LogP contribution >= 0.6 is 0 Å². The fraction of sp³-hybridized carbons (Fsp3) is 0.625. The maximum atomic E-state index is 12.7. The van der Waals surface area contributed by atoms with Gasteiger partial charge in [-0.05, 0) is 53.7 Å². The molecule has 6 nitrogen and oxygen atoms in total. The molecule has 1 aliphatic carbocycles. The predicted molar refractivity (Wildman–Crippen MR) is 81.4 cm³/mol. The van der Waals surface area contributed by atoms with E-state index in [1.54, 1.807) is 16.8 Å². The van der Waals surface area contributed by atoms with Crippen molar-refractivity contribution in [2.45, 2.75) is 44.9 Å². The van der Waals surface area contributed by atoms with Crippen LogP contribution in [-0.2, 0) is 0 Å². The number of tetrazole rings is 1. The highest BCUT2D eigenvalue weighted by Gasteiger charge is 2.36. The molecule has 0 radical (unpaired) electrons. The number of hydrogen-bond donors (Lipinski definition) is 0. The zero-order valence-corrected chi connectivity index (χ0v) is 12.7. The first-order chi connectivity index (χ1) is 10.8. The largest absolute Gasteiger partial charge is 0.339 e. The molecule has 1 amide bonds. The Bertz CT molecular complexity index is 679. The third-order valence-electron chi connectivity index (χ3n) is 5.46. The van der Waals surface area contributed by atoms with E-state index < -0.39 is 0 Å². The lowest BCUT2D eigenvalue weighted by Crippen LogP contribution is -2.44. The molecule has 0 aromatic carbocycles. The molecule has 1 spiro atoms. The zero-order chi connectivity index (χ0) is 15.0. The first-order valence-electron chi connectivity index (χ1n) is 8.23. The van der Waals surface area contributed by atoms with Gasteiger partial charge in [0, 0.05) is 19.3 Å². The van der Waals surface area contributed by atoms with Crippen molar-refractivity contribution in [2.75, 3.05) is 13.1 Å². The molecule has 4 rings (SSSR count). The summed E-state index contributed by atoms with van der Waals surface area (Å²) in [5.41, 5.74) is 1.85. The van der Waals surface area contributed by atoms with Gasteiger partial charge in [0.1, 0.15) is 0 Å². The molecule has 6 heteroatoms. The molecular formula is C16H21N5O. The van der Waals surface area contributed by atoms with Gasteiger partial charge in [-0.1, -0.05) is 19.3 Å². The van der Waals surface area contributed by atoms with Gasteiger partial charge in [0.25, 0.3) is 5.91 Å². The van der Waals surface area contributed by atoms with Gasteiger partial charge in [-0.3, -0.25) is 4.79 Å². The van der Waals surface area contributed by atoms with Crippen LogP contribution in [0.2, 0.25) is 0 Å². The van der Waals surface area contributed by atoms with E-state index in [1.807, 2.05) is 11.0 Å². The monoisotopic (exact) mass is 299 g/mol. The van der Waals surface area contributed by atoms with Crippen molar-refractivity contribution in [2.24, 2.45) is 5.41 Å². The summed E-state index contributed by atoms with van der Waals surface area (Å²) in [5.74, 6) is 0.100. The number of piperidine rings is 1. The van der Waals surface area contributed by atoms with Crippen LogP contribution in [-0.4, -0.2) is 43.9 Å². The quantitative estimate of drug-likeness (QED) is 0.810. The Hall–Kier alpha value is -1.98. The van der Waals surface area contributed by atoms with Crippen LogP contribution in [0.5, 0.6) is 0 Å². The number of hydrogen-bond acceptors (Lipinski definition) is 4. The van der Waals surface area contributed by atoms with Crippen LogP contribution in [0.1, 0.15) is 55.3 Å². The van der Waals surface area contributed by atoms with Gasteiger partial charge >= 0.3 is 0 Å². The minimum atomic E-state index is 0.100. The number of aromatic nitrogens is 4. The van der Waals surface area contributed by atoms with Gasteiger partial charge in [-0.15, -0.1) is 5.10 Å². The fourth-order valence-corrected chi connectivity index (χ4v) is 4.04. The highest BCUT2D eigenvalue weighted by Crippen LogP contribution is 2.44. The van der Waals surface area contributed by atoms with Crippen LogP contribution < -0.4 is 0 Å². The lowest BCUT2D eigenvalue weighted by atomic mass is 9.68. The van der Waals surface area contributed by atoms with Crippen molar-refractivity contribution in [1.82, 2.24) is 24.9 Å². The van der Waals surface area contributed by atoms with Crippen LogP contribution in [0.25, 0.3) is 5.65 Å². The first-order valence-corrected chi connectivity index (χ1v) is 8.23. The van der Waals surface area contributed by atoms with Crippen molar-refractivity contribution in [3.63, 3.8) is 0 Å². The standard InChI is InChI=1S/C16H21N5O/c22-15(13-4-5-14-17-18-19-21(14)12-13)20-10-8-16(9-11-20)6-2-1-3-7-16/h4-5,12H,1-3,6-11H2. The summed E-state index contributed by atoms with van der Waals surface area (Å²) in [5, 5.41) is 11.3. The summed E-state index contributed by atoms with van der Waals surface area (Å²) in [7, 11) is 0. The van der Waals surface area contributed by atoms with E-state index in [1.165, 1.54) is 32.1 Å². The normalized spacial score (nSPS) is 21.4. The Kier molecular flexibility index (Phi) is 3.32. The molecule has 0 bridgehead atoms. The SMILES string of the molecule is O=C(c1ccc2nnnn2c1)N1CCC2(CCCCC2)CC1. The molecule has 1 aliphatic heterocycles. The minimum Gasteiger partial charge on any atom is -0.339 e. The van der Waals surface area contributed by atoms with Crippen molar-refractivity contribution >= 4 is 11.6 Å². The van der Waals surface area contributed by atoms with E-state index in [4.69, 9.17) is 0 Å². The number of fused-ring (bicyclic) bond motifs is 1. The van der Waals surface area contributed by atoms with Crippen LogP contribution in [0, 0.1) is 5.41 Å². The third kappa shape index (κ3) is 2.36. The van der Waals surface area contributed by atoms with E-state index in [0.717, 1.165) is 25.9 Å². The molecular weight excluding hydrogens is 278 g/mol. The van der Waals surface area contributed by atoms with Gasteiger partial charge < -0.3 is 4.90 Å². The molecule has 1 saturated carbocycles. The van der Waals surface area contributed by atoms with Crippen LogP contribution in [0.3, 0.4) is 0 Å². The molecule has 116 valence electrons. The van der Waals surface area contributed by atoms with E-state index in [-0.39, 0.29) is 5.91 Å². The lowest BCUT2D eigenvalue weighted by molar-refractivity contribution is 0.0471. The van der Waals surface area contributed by atoms with Crippen LogP contribution in [0.15, 0.2) is 18.3 Å². The highest BCUT2D eigenvalue weighted by atomic mass is 16.2. The highest BCUT2D eigenvalue weighted by molar-refractivity contribution is 5.94. The summed E-state index contributed by atoms with van der Waals surface area (Å²) in [6.45, 7) is 1.76. The van der Waals surface area contributed by atoms with E-state index in [2.05, 4.69) is 15.5 Å². The molecule has 2 fully saturated rings. The Morgan fingerprint density at radius 2 is 1.82 bits per heavy atom. The molecule has 0 atom stereocenters. The summed E-state index contributed by atoms with van der Waals surface area (Å²) >= 11 is 0. The second-order valence-electron chi connectivity index (χ2n) is 6.75. The van der Waals surface area contributed by atoms with E-state index in [0.29, 0.717) is 16.6 Å². The number of rotatable bonds is 1. The van der Waals surface area contributed by atoms with Gasteiger partial charge in [-0.25, -0.2) is 0 Å². The summed E-state index contributed by atoms with van der Waals surface area (Å²) in [6.07, 6.45) is 10.9. The van der Waals surface area contributed by atoms with Crippen molar-refractivity contribution in [3.8, 4) is 0 Å². The Labute approximate surface area is 129 Å². The molecule has 1 saturated heterocycles. The second kappa shape index (κ2) is 5.34. The van der Waals surface area contributed by atoms with Crippen molar-refractivity contribution in [3.05, 3.63) is 23.9 Å². The average molecular weight is 299 g/mol. The van der Waals surface area contributed by atoms with Gasteiger partial charge in [0.2, 0.25) is 0 Å². The molecule has 0 unspecified atom stereocenters. The summed E-state index contributed by atoms with van der Waals surface area (Å²) < 4.78 is 1.56. The Balaban J connectivity index is 1.47. The van der Waals surface area contributed by atoms with E-state index >= 15 is 0 Å². The predicted octanol–water partition coefficient (Wildman–Crippen LogP) is 2.31. The van der Waals surface area contributed by atoms with Crippen LogP contribution in [0.4, 0.5) is 0 Å². The molecule has 2 aromatic heterocycles. The molecule has 2 aliphatic rings. The molecule has 22 heavy (non-hydrogen) atoms. The van der Waals surface area contributed by atoms with Crippen molar-refractivity contribution in [1.29, 1.82) is 0 Å². The fourth-order valence-electron chi connectivity index (χ4n) is 4.04. The summed E-state index contributed by atoms with van der Waals surface area (Å²) in [6, 6.07) is 3.61. The van der Waals surface area contributed by atoms with E-state index in [9.17, 15) is 4.79 Å². The maximum absolute atomic E-state index is 12.7. The topological polar surface area (TPSA) is 63.4 Å². The number of carbonyl (C=O) groups excluding carboxylic acids is 1. The smallest absolute Gasteiger partial charge is 0.255 e. The Morgan fingerprint density at radius 1 is 1.05 bits per heavy atom. The van der Waals surface area contributed by atoms with Crippen molar-refractivity contribution < 1.29 is 4.79 Å². The molecule has 0 N–H and O–H groups in total. The zero-order valence-electron chi connectivity index (χ0n) is 12.7. The number of amides is 1. The Morgan fingerprint density at radius 3 is 2.59 bits per heavy atom. The van der Waals surface area contributed by atoms with Gasteiger partial charge in [0.05, 0.1) is 5.56 Å². The molecule has 2 aromatic rings. The summed E-state index contributed by atoms with van der Waals surface area (Å²) in [4.78, 5) is 14.7. The first kappa shape index (κ1) is 13.7.